The minimum atomic E-state index is -1.45. The van der Waals surface area contributed by atoms with Crippen LogP contribution in [0.5, 0.6) is 0 Å². The van der Waals surface area contributed by atoms with Crippen LogP contribution >= 0.6 is 0 Å². The second-order valence-corrected chi connectivity index (χ2v) is 6.30. The lowest BCUT2D eigenvalue weighted by atomic mass is 9.95. The molecule has 5 atom stereocenters. The quantitative estimate of drug-likeness (QED) is 0.466. The average molecular weight is 332 g/mol. The van der Waals surface area contributed by atoms with Crippen molar-refractivity contribution in [2.24, 2.45) is 0 Å². The van der Waals surface area contributed by atoms with E-state index in [-0.39, 0.29) is 12.6 Å². The minimum absolute atomic E-state index is 0.194. The van der Waals surface area contributed by atoms with Crippen molar-refractivity contribution in [2.75, 3.05) is 26.4 Å². The van der Waals surface area contributed by atoms with Crippen molar-refractivity contribution in [1.29, 1.82) is 0 Å². The summed E-state index contributed by atoms with van der Waals surface area (Å²) in [6.45, 7) is 3.37. The molecule has 0 aliphatic carbocycles. The SMILES string of the molecule is CCCC(=O)N(CN1CCCC1)[C@H]1C(O)O[C@H](CO)[C@@H](O)[C@@H]1O. The molecule has 2 fully saturated rings. The van der Waals surface area contributed by atoms with Crippen molar-refractivity contribution in [3.8, 4) is 0 Å². The van der Waals surface area contributed by atoms with Gasteiger partial charge in [0.15, 0.2) is 6.29 Å². The number of hydrogen-bond donors (Lipinski definition) is 4. The molecule has 1 amide bonds. The van der Waals surface area contributed by atoms with Crippen LogP contribution in [0.15, 0.2) is 0 Å². The van der Waals surface area contributed by atoms with Crippen LogP contribution in [0.1, 0.15) is 32.6 Å². The monoisotopic (exact) mass is 332 g/mol. The Labute approximate surface area is 136 Å². The first kappa shape index (κ1) is 18.6. The van der Waals surface area contributed by atoms with Crippen LogP contribution in [-0.4, -0.2) is 93.1 Å². The summed E-state index contributed by atoms with van der Waals surface area (Å²) in [5.74, 6) is -0.194. The molecule has 2 saturated heterocycles. The summed E-state index contributed by atoms with van der Waals surface area (Å²) in [5, 5.41) is 39.8. The zero-order valence-corrected chi connectivity index (χ0v) is 13.5. The number of carbonyl (C=O) groups excluding carboxylic acids is 1. The molecule has 1 unspecified atom stereocenters. The van der Waals surface area contributed by atoms with Gasteiger partial charge in [-0.25, -0.2) is 0 Å². The van der Waals surface area contributed by atoms with Crippen molar-refractivity contribution in [3.05, 3.63) is 0 Å². The van der Waals surface area contributed by atoms with Crippen molar-refractivity contribution in [3.63, 3.8) is 0 Å². The van der Waals surface area contributed by atoms with Crippen LogP contribution in [0.3, 0.4) is 0 Å². The Balaban J connectivity index is 2.16. The first-order chi connectivity index (χ1) is 11.0. The van der Waals surface area contributed by atoms with Gasteiger partial charge < -0.3 is 30.1 Å². The van der Waals surface area contributed by atoms with Crippen LogP contribution in [0.2, 0.25) is 0 Å². The smallest absolute Gasteiger partial charge is 0.224 e. The number of amides is 1. The average Bonchev–Trinajstić information content (AvgIpc) is 3.03. The lowest BCUT2D eigenvalue weighted by molar-refractivity contribution is -0.272. The number of aliphatic hydroxyl groups is 4. The van der Waals surface area contributed by atoms with Crippen LogP contribution in [-0.2, 0) is 9.53 Å². The van der Waals surface area contributed by atoms with Gasteiger partial charge >= 0.3 is 0 Å². The van der Waals surface area contributed by atoms with E-state index in [2.05, 4.69) is 4.90 Å². The zero-order valence-electron chi connectivity index (χ0n) is 13.5. The van der Waals surface area contributed by atoms with Crippen LogP contribution in [0.25, 0.3) is 0 Å². The van der Waals surface area contributed by atoms with E-state index in [0.717, 1.165) is 25.9 Å². The van der Waals surface area contributed by atoms with Gasteiger partial charge in [0.2, 0.25) is 5.91 Å². The van der Waals surface area contributed by atoms with Gasteiger partial charge in [0, 0.05) is 6.42 Å². The predicted octanol–water partition coefficient (Wildman–Crippen LogP) is -1.53. The number of ether oxygens (including phenoxy) is 1. The van der Waals surface area contributed by atoms with Gasteiger partial charge in [-0.1, -0.05) is 6.92 Å². The summed E-state index contributed by atoms with van der Waals surface area (Å²) < 4.78 is 5.19. The lowest BCUT2D eigenvalue weighted by Crippen LogP contribution is -2.66. The predicted molar refractivity (Wildman–Crippen MR) is 81.2 cm³/mol. The molecule has 2 aliphatic rings. The maximum Gasteiger partial charge on any atom is 0.224 e. The molecular formula is C15H28N2O6. The van der Waals surface area contributed by atoms with Gasteiger partial charge in [-0.15, -0.1) is 0 Å². The summed E-state index contributed by atoms with van der Waals surface area (Å²) in [4.78, 5) is 16.0. The van der Waals surface area contributed by atoms with Gasteiger partial charge in [-0.2, -0.15) is 0 Å². The fourth-order valence-corrected chi connectivity index (χ4v) is 3.26. The first-order valence-corrected chi connectivity index (χ1v) is 8.32. The Bertz CT molecular complexity index is 390. The van der Waals surface area contributed by atoms with Crippen molar-refractivity contribution in [2.45, 2.75) is 63.3 Å². The molecule has 0 saturated carbocycles. The number of rotatable bonds is 6. The summed E-state index contributed by atoms with van der Waals surface area (Å²) in [6, 6.07) is -1.05. The van der Waals surface area contributed by atoms with Gasteiger partial charge in [-0.05, 0) is 32.4 Å². The minimum Gasteiger partial charge on any atom is -0.394 e. The molecule has 2 aliphatic heterocycles. The highest BCUT2D eigenvalue weighted by molar-refractivity contribution is 5.76. The summed E-state index contributed by atoms with van der Waals surface area (Å²) in [7, 11) is 0. The Morgan fingerprint density at radius 1 is 1.22 bits per heavy atom. The third-order valence-electron chi connectivity index (χ3n) is 4.56. The van der Waals surface area contributed by atoms with Gasteiger partial charge in [0.1, 0.15) is 24.4 Å². The number of hydrogen-bond acceptors (Lipinski definition) is 7. The molecule has 0 spiro atoms. The molecule has 0 aromatic rings. The summed E-state index contributed by atoms with van der Waals surface area (Å²) >= 11 is 0. The number of nitrogens with zero attached hydrogens (tertiary/aromatic N) is 2. The van der Waals surface area contributed by atoms with E-state index in [1.165, 1.54) is 4.90 Å². The number of carbonyl (C=O) groups is 1. The van der Waals surface area contributed by atoms with Crippen LogP contribution in [0, 0.1) is 0 Å². The zero-order chi connectivity index (χ0) is 17.0. The van der Waals surface area contributed by atoms with E-state index in [4.69, 9.17) is 9.84 Å². The van der Waals surface area contributed by atoms with Crippen LogP contribution < -0.4 is 0 Å². The lowest BCUT2D eigenvalue weighted by Gasteiger charge is -2.46. The van der Waals surface area contributed by atoms with Crippen LogP contribution in [0.4, 0.5) is 0 Å². The molecule has 0 bridgehead atoms. The largest absolute Gasteiger partial charge is 0.394 e. The summed E-state index contributed by atoms with van der Waals surface area (Å²) in [6.07, 6.45) is -2.20. The molecule has 134 valence electrons. The normalized spacial score (nSPS) is 35.4. The van der Waals surface area contributed by atoms with E-state index < -0.39 is 37.3 Å². The molecule has 23 heavy (non-hydrogen) atoms. The molecule has 0 aromatic heterocycles. The third-order valence-corrected chi connectivity index (χ3v) is 4.56. The fourth-order valence-electron chi connectivity index (χ4n) is 3.26. The Morgan fingerprint density at radius 2 is 1.87 bits per heavy atom. The topological polar surface area (TPSA) is 114 Å². The molecule has 2 rings (SSSR count). The Kier molecular flexibility index (Phi) is 6.75. The van der Waals surface area contributed by atoms with Crippen molar-refractivity contribution < 1.29 is 30.0 Å². The number of aliphatic hydroxyl groups excluding tert-OH is 4. The molecule has 0 radical (unpaired) electrons. The van der Waals surface area contributed by atoms with E-state index in [9.17, 15) is 20.1 Å². The van der Waals surface area contributed by atoms with Crippen molar-refractivity contribution >= 4 is 5.91 Å². The number of likely N-dealkylation sites (tertiary alicyclic amines) is 1. The highest BCUT2D eigenvalue weighted by atomic mass is 16.6. The fraction of sp³-hybridized carbons (Fsp3) is 0.933. The highest BCUT2D eigenvalue weighted by Gasteiger charge is 2.47. The molecule has 8 nitrogen and oxygen atoms in total. The second kappa shape index (κ2) is 8.36. The van der Waals surface area contributed by atoms with E-state index >= 15 is 0 Å². The standard InChI is InChI=1S/C15H28N2O6/c1-2-5-11(19)17(9-16-6-3-4-7-16)12-14(21)13(20)10(8-18)23-15(12)22/h10,12-15,18,20-22H,2-9H2,1H3/t10-,12-,13-,14-,15?/m1/s1. The van der Waals surface area contributed by atoms with Gasteiger partial charge in [0.05, 0.1) is 13.3 Å². The van der Waals surface area contributed by atoms with Gasteiger partial charge in [0.25, 0.3) is 0 Å². The molecule has 0 aromatic carbocycles. The van der Waals surface area contributed by atoms with Crippen molar-refractivity contribution in [1.82, 2.24) is 9.80 Å². The van der Waals surface area contributed by atoms with E-state index in [1.54, 1.807) is 0 Å². The molecule has 8 heteroatoms. The first-order valence-electron chi connectivity index (χ1n) is 8.32. The van der Waals surface area contributed by atoms with E-state index in [1.807, 2.05) is 6.92 Å². The highest BCUT2D eigenvalue weighted by Crippen LogP contribution is 2.25. The second-order valence-electron chi connectivity index (χ2n) is 6.30. The Hall–Kier alpha value is -0.770. The van der Waals surface area contributed by atoms with E-state index in [0.29, 0.717) is 12.8 Å². The maximum absolute atomic E-state index is 12.5. The maximum atomic E-state index is 12.5. The molecule has 4 N–H and O–H groups in total. The Morgan fingerprint density at radius 3 is 2.43 bits per heavy atom. The molecule has 2 heterocycles. The summed E-state index contributed by atoms with van der Waals surface area (Å²) in [5.41, 5.74) is 0. The molecular weight excluding hydrogens is 304 g/mol. The third kappa shape index (κ3) is 4.20. The van der Waals surface area contributed by atoms with Gasteiger partial charge in [-0.3, -0.25) is 9.69 Å².